The number of methoxy groups -OCH3 is 1. The number of amides is 1. The molecule has 108 valence electrons. The summed E-state index contributed by atoms with van der Waals surface area (Å²) in [6, 6.07) is 0.508. The molecule has 19 heavy (non-hydrogen) atoms. The number of hydrogen-bond donors (Lipinski definition) is 2. The molecule has 1 saturated heterocycles. The second kappa shape index (κ2) is 5.04. The first-order chi connectivity index (χ1) is 9.14. The fourth-order valence-electron chi connectivity index (χ4n) is 3.30. The van der Waals surface area contributed by atoms with E-state index >= 15 is 0 Å². The average Bonchev–Trinajstić information content (AvgIpc) is 3.28. The standard InChI is InChI=1S/C14H25N3O2/c1-19-12-6-7-17(8-12)9-14(13(15)18,10-2-3-10)16-11-4-5-11/h10-12,16H,2-9H2,1H3,(H2,15,18). The van der Waals surface area contributed by atoms with Gasteiger partial charge >= 0.3 is 0 Å². The molecular formula is C14H25N3O2. The predicted octanol–water partition coefficient (Wildman–Crippen LogP) is 0.0932. The average molecular weight is 267 g/mol. The van der Waals surface area contributed by atoms with Gasteiger partial charge in [0.25, 0.3) is 0 Å². The van der Waals surface area contributed by atoms with E-state index in [0.29, 0.717) is 18.1 Å². The highest BCUT2D eigenvalue weighted by molar-refractivity contribution is 5.86. The van der Waals surface area contributed by atoms with Gasteiger partial charge in [0.1, 0.15) is 5.54 Å². The van der Waals surface area contributed by atoms with E-state index in [9.17, 15) is 4.79 Å². The lowest BCUT2D eigenvalue weighted by Crippen LogP contribution is -2.63. The van der Waals surface area contributed by atoms with Gasteiger partial charge in [0, 0.05) is 32.8 Å². The van der Waals surface area contributed by atoms with Gasteiger partial charge in [-0.1, -0.05) is 0 Å². The third-order valence-corrected chi connectivity index (χ3v) is 4.79. The van der Waals surface area contributed by atoms with Gasteiger partial charge in [0.05, 0.1) is 6.10 Å². The Morgan fingerprint density at radius 3 is 2.58 bits per heavy atom. The lowest BCUT2D eigenvalue weighted by Gasteiger charge is -2.36. The van der Waals surface area contributed by atoms with Crippen molar-refractivity contribution in [3.05, 3.63) is 0 Å². The summed E-state index contributed by atoms with van der Waals surface area (Å²) in [5.41, 5.74) is 5.28. The van der Waals surface area contributed by atoms with Crippen LogP contribution in [0.15, 0.2) is 0 Å². The number of nitrogens with zero attached hydrogens (tertiary/aromatic N) is 1. The minimum absolute atomic E-state index is 0.164. The highest BCUT2D eigenvalue weighted by atomic mass is 16.5. The zero-order valence-electron chi connectivity index (χ0n) is 11.7. The number of ether oxygens (including phenoxy) is 1. The van der Waals surface area contributed by atoms with Crippen LogP contribution in [-0.4, -0.2) is 55.2 Å². The molecule has 0 aromatic rings. The van der Waals surface area contributed by atoms with E-state index in [-0.39, 0.29) is 5.91 Å². The molecule has 3 N–H and O–H groups in total. The first-order valence-electron chi connectivity index (χ1n) is 7.47. The van der Waals surface area contributed by atoms with Crippen LogP contribution in [0.1, 0.15) is 32.1 Å². The monoisotopic (exact) mass is 267 g/mol. The van der Waals surface area contributed by atoms with Crippen molar-refractivity contribution in [1.29, 1.82) is 0 Å². The van der Waals surface area contributed by atoms with Crippen molar-refractivity contribution in [3.8, 4) is 0 Å². The van der Waals surface area contributed by atoms with Crippen LogP contribution >= 0.6 is 0 Å². The zero-order valence-corrected chi connectivity index (χ0v) is 11.7. The van der Waals surface area contributed by atoms with Crippen molar-refractivity contribution in [1.82, 2.24) is 10.2 Å². The summed E-state index contributed by atoms with van der Waals surface area (Å²) in [4.78, 5) is 14.4. The van der Waals surface area contributed by atoms with Crippen molar-refractivity contribution in [2.24, 2.45) is 11.7 Å². The van der Waals surface area contributed by atoms with Crippen LogP contribution in [0, 0.1) is 5.92 Å². The van der Waals surface area contributed by atoms with Gasteiger partial charge in [-0.25, -0.2) is 0 Å². The van der Waals surface area contributed by atoms with Crippen LogP contribution in [0.3, 0.4) is 0 Å². The van der Waals surface area contributed by atoms with Crippen molar-refractivity contribution < 1.29 is 9.53 Å². The summed E-state index contributed by atoms with van der Waals surface area (Å²) in [5.74, 6) is 0.273. The maximum Gasteiger partial charge on any atom is 0.239 e. The van der Waals surface area contributed by atoms with Gasteiger partial charge in [-0.05, 0) is 38.0 Å². The van der Waals surface area contributed by atoms with Crippen molar-refractivity contribution in [2.45, 2.75) is 49.8 Å². The second-order valence-electron chi connectivity index (χ2n) is 6.41. The molecule has 2 aliphatic carbocycles. The van der Waals surface area contributed by atoms with E-state index < -0.39 is 5.54 Å². The molecule has 2 atom stereocenters. The van der Waals surface area contributed by atoms with Crippen LogP contribution in [0.25, 0.3) is 0 Å². The Kier molecular flexibility index (Phi) is 3.53. The Hall–Kier alpha value is -0.650. The molecule has 1 heterocycles. The smallest absolute Gasteiger partial charge is 0.239 e. The molecule has 3 aliphatic rings. The Labute approximate surface area is 114 Å². The maximum absolute atomic E-state index is 12.1. The Morgan fingerprint density at radius 1 is 1.37 bits per heavy atom. The lowest BCUT2D eigenvalue weighted by molar-refractivity contribution is -0.126. The molecule has 5 heteroatoms. The molecule has 1 amide bonds. The van der Waals surface area contributed by atoms with Crippen molar-refractivity contribution in [2.75, 3.05) is 26.7 Å². The summed E-state index contributed by atoms with van der Waals surface area (Å²) in [6.45, 7) is 2.68. The zero-order chi connectivity index (χ0) is 13.5. The van der Waals surface area contributed by atoms with E-state index in [2.05, 4.69) is 10.2 Å². The molecule has 0 bridgehead atoms. The maximum atomic E-state index is 12.1. The number of rotatable bonds is 7. The summed E-state index contributed by atoms with van der Waals surface area (Å²) in [7, 11) is 1.76. The van der Waals surface area contributed by atoms with E-state index in [4.69, 9.17) is 10.5 Å². The molecule has 0 aromatic heterocycles. The van der Waals surface area contributed by atoms with Gasteiger partial charge < -0.3 is 10.5 Å². The van der Waals surface area contributed by atoms with Crippen molar-refractivity contribution >= 4 is 5.91 Å². The number of carbonyl (C=O) groups is 1. The lowest BCUT2D eigenvalue weighted by atomic mass is 9.91. The molecule has 2 saturated carbocycles. The van der Waals surface area contributed by atoms with Crippen LogP contribution in [0.4, 0.5) is 0 Å². The SMILES string of the molecule is COC1CCN(CC(NC2CC2)(C(N)=O)C2CC2)C1. The van der Waals surface area contributed by atoms with E-state index in [1.54, 1.807) is 7.11 Å². The fraction of sp³-hybridized carbons (Fsp3) is 0.929. The Morgan fingerprint density at radius 2 is 2.11 bits per heavy atom. The first kappa shape index (κ1) is 13.3. The Balaban J connectivity index is 1.69. The molecular weight excluding hydrogens is 242 g/mol. The number of likely N-dealkylation sites (tertiary alicyclic amines) is 1. The Bertz CT molecular complexity index is 355. The van der Waals surface area contributed by atoms with Gasteiger partial charge in [0.2, 0.25) is 5.91 Å². The summed E-state index contributed by atoms with van der Waals surface area (Å²) < 4.78 is 5.41. The summed E-state index contributed by atoms with van der Waals surface area (Å²) in [6.07, 6.45) is 5.99. The molecule has 1 aliphatic heterocycles. The van der Waals surface area contributed by atoms with Gasteiger partial charge in [-0.15, -0.1) is 0 Å². The third-order valence-electron chi connectivity index (χ3n) is 4.79. The van der Waals surface area contributed by atoms with Crippen LogP contribution in [0.5, 0.6) is 0 Å². The molecule has 3 rings (SSSR count). The predicted molar refractivity (Wildman–Crippen MR) is 72.7 cm³/mol. The normalized spacial score (nSPS) is 31.3. The van der Waals surface area contributed by atoms with E-state index in [0.717, 1.165) is 38.9 Å². The highest BCUT2D eigenvalue weighted by Gasteiger charge is 2.53. The van der Waals surface area contributed by atoms with Gasteiger partial charge in [0.15, 0.2) is 0 Å². The van der Waals surface area contributed by atoms with Crippen LogP contribution in [-0.2, 0) is 9.53 Å². The molecule has 2 unspecified atom stereocenters. The van der Waals surface area contributed by atoms with E-state index in [1.165, 1.54) is 12.8 Å². The molecule has 5 nitrogen and oxygen atoms in total. The van der Waals surface area contributed by atoms with E-state index in [1.807, 2.05) is 0 Å². The summed E-state index contributed by atoms with van der Waals surface area (Å²) in [5, 5.41) is 3.57. The number of nitrogens with two attached hydrogens (primary N) is 1. The topological polar surface area (TPSA) is 67.6 Å². The van der Waals surface area contributed by atoms with Gasteiger partial charge in [-0.3, -0.25) is 15.0 Å². The van der Waals surface area contributed by atoms with Crippen LogP contribution < -0.4 is 11.1 Å². The number of primary amides is 1. The van der Waals surface area contributed by atoms with Crippen molar-refractivity contribution in [3.63, 3.8) is 0 Å². The molecule has 0 spiro atoms. The fourth-order valence-corrected chi connectivity index (χ4v) is 3.30. The summed E-state index contributed by atoms with van der Waals surface area (Å²) >= 11 is 0. The largest absolute Gasteiger partial charge is 0.380 e. The minimum atomic E-state index is -0.496. The number of nitrogens with one attached hydrogen (secondary N) is 1. The minimum Gasteiger partial charge on any atom is -0.380 e. The number of carbonyl (C=O) groups excluding carboxylic acids is 1. The van der Waals surface area contributed by atoms with Gasteiger partial charge in [-0.2, -0.15) is 0 Å². The molecule has 3 fully saturated rings. The first-order valence-corrected chi connectivity index (χ1v) is 7.47. The number of hydrogen-bond acceptors (Lipinski definition) is 4. The highest BCUT2D eigenvalue weighted by Crippen LogP contribution is 2.42. The third kappa shape index (κ3) is 2.78. The quantitative estimate of drug-likeness (QED) is 0.686. The van der Waals surface area contributed by atoms with Crippen LogP contribution in [0.2, 0.25) is 0 Å². The molecule has 0 aromatic carbocycles. The molecule has 0 radical (unpaired) electrons. The second-order valence-corrected chi connectivity index (χ2v) is 6.41.